The molecule has 0 bridgehead atoms. The highest BCUT2D eigenvalue weighted by molar-refractivity contribution is 5.81. The lowest BCUT2D eigenvalue weighted by Crippen LogP contribution is -2.51. The molecule has 10 heteroatoms. The number of aliphatic hydroxyl groups excluding tert-OH is 1. The maximum absolute atomic E-state index is 13.0. The molecule has 1 atom stereocenters. The molecule has 0 aliphatic rings. The summed E-state index contributed by atoms with van der Waals surface area (Å²) in [5, 5.41) is 9.42. The maximum atomic E-state index is 13.0. The molecule has 0 aliphatic carbocycles. The van der Waals surface area contributed by atoms with Crippen LogP contribution in [0.2, 0.25) is 0 Å². The Balaban J connectivity index is 3.98. The van der Waals surface area contributed by atoms with Gasteiger partial charge in [0.15, 0.2) is 0 Å². The van der Waals surface area contributed by atoms with Crippen LogP contribution >= 0.6 is 0 Å². The lowest BCUT2D eigenvalue weighted by Gasteiger charge is -2.28. The summed E-state index contributed by atoms with van der Waals surface area (Å²) in [6.45, 7) is 2.87. The standard InChI is InChI=1S/C14H19F7O3/c1-2-11(23)24-9-10(22)7-5-3-4-6-8-12(15,16)13(17,18)14(19,20)21/h2,10,22H,1,3-9H2. The van der Waals surface area contributed by atoms with E-state index in [0.29, 0.717) is 6.42 Å². The third kappa shape index (κ3) is 7.06. The van der Waals surface area contributed by atoms with Crippen molar-refractivity contribution < 1.29 is 45.4 Å². The molecule has 0 spiro atoms. The number of hydrogen-bond acceptors (Lipinski definition) is 3. The summed E-state index contributed by atoms with van der Waals surface area (Å²) in [7, 11) is 0. The van der Waals surface area contributed by atoms with E-state index in [1.54, 1.807) is 0 Å². The third-order valence-electron chi connectivity index (χ3n) is 3.18. The second-order valence-corrected chi connectivity index (χ2v) is 5.22. The molecular formula is C14H19F7O3. The molecule has 0 aliphatic heterocycles. The average molecular weight is 368 g/mol. The summed E-state index contributed by atoms with van der Waals surface area (Å²) in [5.41, 5.74) is 0. The van der Waals surface area contributed by atoms with Crippen LogP contribution in [0.15, 0.2) is 12.7 Å². The van der Waals surface area contributed by atoms with Gasteiger partial charge in [0.2, 0.25) is 0 Å². The van der Waals surface area contributed by atoms with Gasteiger partial charge in [0.25, 0.3) is 0 Å². The second-order valence-electron chi connectivity index (χ2n) is 5.22. The normalized spacial score (nSPS) is 14.3. The lowest BCUT2D eigenvalue weighted by atomic mass is 10.0. The predicted octanol–water partition coefficient (Wildman–Crippen LogP) is 4.25. The fraction of sp³-hybridized carbons (Fsp3) is 0.786. The SMILES string of the molecule is C=CC(=O)OCC(O)CCCCCCC(F)(F)C(F)(F)C(F)(F)F. The third-order valence-corrected chi connectivity index (χ3v) is 3.18. The Hall–Kier alpha value is -1.32. The van der Waals surface area contributed by atoms with Gasteiger partial charge in [0.1, 0.15) is 6.61 Å². The van der Waals surface area contributed by atoms with Gasteiger partial charge in [0, 0.05) is 12.5 Å². The zero-order valence-electron chi connectivity index (χ0n) is 12.7. The van der Waals surface area contributed by atoms with Gasteiger partial charge in [-0.15, -0.1) is 0 Å². The van der Waals surface area contributed by atoms with Crippen LogP contribution in [0, 0.1) is 0 Å². The van der Waals surface area contributed by atoms with Crippen molar-refractivity contribution in [3.8, 4) is 0 Å². The number of carbonyl (C=O) groups excluding carboxylic acids is 1. The summed E-state index contributed by atoms with van der Waals surface area (Å²) < 4.78 is 91.4. The van der Waals surface area contributed by atoms with Crippen LogP contribution in [0.25, 0.3) is 0 Å². The van der Waals surface area contributed by atoms with Gasteiger partial charge < -0.3 is 9.84 Å². The van der Waals surface area contributed by atoms with E-state index in [2.05, 4.69) is 11.3 Å². The molecule has 0 rings (SSSR count). The first-order valence-corrected chi connectivity index (χ1v) is 7.14. The maximum Gasteiger partial charge on any atom is 0.459 e. The summed E-state index contributed by atoms with van der Waals surface area (Å²) in [5.74, 6) is -11.9. The molecule has 1 unspecified atom stereocenters. The quantitative estimate of drug-likeness (QED) is 0.257. The zero-order valence-corrected chi connectivity index (χ0v) is 12.7. The van der Waals surface area contributed by atoms with E-state index in [9.17, 15) is 40.6 Å². The summed E-state index contributed by atoms with van der Waals surface area (Å²) in [6, 6.07) is 0. The van der Waals surface area contributed by atoms with E-state index < -0.39 is 42.9 Å². The minimum absolute atomic E-state index is 0.00267. The first-order chi connectivity index (χ1) is 10.8. The van der Waals surface area contributed by atoms with E-state index >= 15 is 0 Å². The molecular weight excluding hydrogens is 349 g/mol. The number of rotatable bonds is 11. The van der Waals surface area contributed by atoms with Crippen molar-refractivity contribution in [1.82, 2.24) is 0 Å². The monoisotopic (exact) mass is 368 g/mol. The molecule has 1 N–H and O–H groups in total. The molecule has 0 amide bonds. The van der Waals surface area contributed by atoms with Gasteiger partial charge in [-0.2, -0.15) is 30.7 Å². The van der Waals surface area contributed by atoms with Crippen LogP contribution in [0.5, 0.6) is 0 Å². The number of ether oxygens (including phenoxy) is 1. The summed E-state index contributed by atoms with van der Waals surface area (Å²) in [4.78, 5) is 10.7. The van der Waals surface area contributed by atoms with Gasteiger partial charge in [-0.25, -0.2) is 4.79 Å². The fourth-order valence-electron chi connectivity index (χ4n) is 1.77. The first kappa shape index (κ1) is 22.7. The van der Waals surface area contributed by atoms with Crippen molar-refractivity contribution in [3.63, 3.8) is 0 Å². The highest BCUT2D eigenvalue weighted by atomic mass is 19.4. The minimum Gasteiger partial charge on any atom is -0.460 e. The molecule has 142 valence electrons. The minimum atomic E-state index is -6.30. The van der Waals surface area contributed by atoms with Crippen molar-refractivity contribution in [2.45, 2.75) is 62.7 Å². The van der Waals surface area contributed by atoms with Crippen molar-refractivity contribution in [2.75, 3.05) is 6.61 Å². The molecule has 0 aromatic heterocycles. The number of hydrogen-bond donors (Lipinski definition) is 1. The van der Waals surface area contributed by atoms with Crippen molar-refractivity contribution in [3.05, 3.63) is 12.7 Å². The Kier molecular flexibility index (Phi) is 8.73. The molecule has 0 heterocycles. The zero-order chi connectivity index (χ0) is 19.0. The van der Waals surface area contributed by atoms with Crippen LogP contribution in [0.3, 0.4) is 0 Å². The number of halogens is 7. The number of unbranched alkanes of at least 4 members (excludes halogenated alkanes) is 3. The molecule has 0 aromatic rings. The van der Waals surface area contributed by atoms with Gasteiger partial charge in [-0.05, 0) is 12.8 Å². The average Bonchev–Trinajstić information content (AvgIpc) is 2.46. The van der Waals surface area contributed by atoms with E-state index in [1.165, 1.54) is 0 Å². The number of aliphatic hydroxyl groups is 1. The number of esters is 1. The molecule has 0 saturated carbocycles. The van der Waals surface area contributed by atoms with Crippen LogP contribution in [0.4, 0.5) is 30.7 Å². The Bertz CT molecular complexity index is 408. The highest BCUT2D eigenvalue weighted by Gasteiger charge is 2.72. The van der Waals surface area contributed by atoms with Crippen LogP contribution in [0.1, 0.15) is 38.5 Å². The topological polar surface area (TPSA) is 46.5 Å². The van der Waals surface area contributed by atoms with Crippen LogP contribution in [-0.2, 0) is 9.53 Å². The molecule has 24 heavy (non-hydrogen) atoms. The summed E-state index contributed by atoms with van der Waals surface area (Å²) >= 11 is 0. The Morgan fingerprint density at radius 3 is 2.08 bits per heavy atom. The van der Waals surface area contributed by atoms with Gasteiger partial charge in [0.05, 0.1) is 6.10 Å². The van der Waals surface area contributed by atoms with E-state index in [-0.39, 0.29) is 25.9 Å². The van der Waals surface area contributed by atoms with Gasteiger partial charge in [-0.3, -0.25) is 0 Å². The second kappa shape index (κ2) is 9.24. The van der Waals surface area contributed by atoms with E-state index in [1.807, 2.05) is 0 Å². The van der Waals surface area contributed by atoms with Gasteiger partial charge >= 0.3 is 24.0 Å². The molecule has 0 fully saturated rings. The van der Waals surface area contributed by atoms with Crippen molar-refractivity contribution in [1.29, 1.82) is 0 Å². The number of alkyl halides is 7. The first-order valence-electron chi connectivity index (χ1n) is 7.14. The number of carbonyl (C=O) groups is 1. The smallest absolute Gasteiger partial charge is 0.459 e. The Morgan fingerprint density at radius 2 is 1.58 bits per heavy atom. The Morgan fingerprint density at radius 1 is 1.04 bits per heavy atom. The van der Waals surface area contributed by atoms with Crippen molar-refractivity contribution in [2.24, 2.45) is 0 Å². The highest BCUT2D eigenvalue weighted by Crippen LogP contribution is 2.48. The van der Waals surface area contributed by atoms with Crippen LogP contribution < -0.4 is 0 Å². The molecule has 0 aromatic carbocycles. The van der Waals surface area contributed by atoms with Crippen LogP contribution in [-0.4, -0.2) is 41.8 Å². The largest absolute Gasteiger partial charge is 0.460 e. The van der Waals surface area contributed by atoms with E-state index in [4.69, 9.17) is 0 Å². The molecule has 0 saturated heterocycles. The lowest BCUT2D eigenvalue weighted by molar-refractivity contribution is -0.355. The van der Waals surface area contributed by atoms with Crippen molar-refractivity contribution >= 4 is 5.97 Å². The Labute approximate surface area is 134 Å². The predicted molar refractivity (Wildman–Crippen MR) is 70.8 cm³/mol. The van der Waals surface area contributed by atoms with E-state index in [0.717, 1.165) is 6.08 Å². The fourth-order valence-corrected chi connectivity index (χ4v) is 1.77. The molecule has 0 radical (unpaired) electrons. The summed E-state index contributed by atoms with van der Waals surface area (Å²) in [6.07, 6.45) is -7.74. The molecule has 3 nitrogen and oxygen atoms in total. The van der Waals surface area contributed by atoms with Gasteiger partial charge in [-0.1, -0.05) is 25.8 Å².